The van der Waals surface area contributed by atoms with Crippen LogP contribution in [0.25, 0.3) is 11.6 Å². The van der Waals surface area contributed by atoms with E-state index >= 15 is 0 Å². The topological polar surface area (TPSA) is 95.0 Å². The third-order valence-corrected chi connectivity index (χ3v) is 3.18. The van der Waals surface area contributed by atoms with Crippen LogP contribution < -0.4 is 11.1 Å². The fraction of sp³-hybridized carbons (Fsp3) is 0.0588. The van der Waals surface area contributed by atoms with Gasteiger partial charge in [0.2, 0.25) is 0 Å². The summed E-state index contributed by atoms with van der Waals surface area (Å²) in [6, 6.07) is 1.76. The number of hydrogen-bond acceptors (Lipinski definition) is 5. The molecule has 118 valence electrons. The molecule has 1 aliphatic carbocycles. The van der Waals surface area contributed by atoms with Crippen LogP contribution in [-0.2, 0) is 0 Å². The van der Waals surface area contributed by atoms with Crippen LogP contribution in [-0.4, -0.2) is 16.3 Å². The van der Waals surface area contributed by atoms with Crippen molar-refractivity contribution in [3.63, 3.8) is 0 Å². The fourth-order valence-corrected chi connectivity index (χ4v) is 2.02. The lowest BCUT2D eigenvalue weighted by Gasteiger charge is -2.06. The minimum atomic E-state index is -0.639. The summed E-state index contributed by atoms with van der Waals surface area (Å²) in [6.45, 7) is 0. The second-order valence-corrected chi connectivity index (χ2v) is 4.68. The molecule has 1 aromatic heterocycles. The summed E-state index contributed by atoms with van der Waals surface area (Å²) in [5, 5.41) is 19.8. The molecule has 0 saturated carbocycles. The first-order valence-electron chi connectivity index (χ1n) is 6.92. The molecule has 0 unspecified atom stereocenters. The lowest BCUT2D eigenvalue weighted by molar-refractivity contribution is 0.388. The summed E-state index contributed by atoms with van der Waals surface area (Å²) in [6.07, 6.45) is 14.0. The van der Waals surface area contributed by atoms with E-state index in [0.29, 0.717) is 17.7 Å². The van der Waals surface area contributed by atoms with E-state index in [1.165, 1.54) is 24.6 Å². The number of rotatable bonds is 5. The Labute approximate surface area is 133 Å². The van der Waals surface area contributed by atoms with Crippen molar-refractivity contribution in [2.45, 2.75) is 6.42 Å². The van der Waals surface area contributed by atoms with Crippen molar-refractivity contribution in [3.8, 4) is 0 Å². The Morgan fingerprint density at radius 1 is 1.43 bits per heavy atom. The monoisotopic (exact) mass is 312 g/mol. The smallest absolute Gasteiger partial charge is 0.161 e. The quantitative estimate of drug-likeness (QED) is 0.628. The molecular weight excluding hydrogens is 295 g/mol. The number of nitrogens with zero attached hydrogens (tertiary/aromatic N) is 1. The molecule has 0 aliphatic heterocycles. The van der Waals surface area contributed by atoms with Crippen LogP contribution in [0.2, 0.25) is 0 Å². The highest BCUT2D eigenvalue weighted by Gasteiger charge is 2.06. The second-order valence-electron chi connectivity index (χ2n) is 4.68. The first-order valence-corrected chi connectivity index (χ1v) is 6.92. The van der Waals surface area contributed by atoms with Crippen LogP contribution in [0.15, 0.2) is 66.4 Å². The van der Waals surface area contributed by atoms with E-state index in [4.69, 9.17) is 11.1 Å². The summed E-state index contributed by atoms with van der Waals surface area (Å²) in [4.78, 5) is 4.05. The molecule has 23 heavy (non-hydrogen) atoms. The van der Waals surface area contributed by atoms with Crippen molar-refractivity contribution in [2.24, 2.45) is 5.73 Å². The predicted molar refractivity (Wildman–Crippen MR) is 90.0 cm³/mol. The van der Waals surface area contributed by atoms with Gasteiger partial charge < -0.3 is 21.6 Å². The minimum absolute atomic E-state index is 0.384. The van der Waals surface area contributed by atoms with Crippen LogP contribution in [0.5, 0.6) is 0 Å². The maximum absolute atomic E-state index is 13.2. The van der Waals surface area contributed by atoms with Gasteiger partial charge in [0.25, 0.3) is 0 Å². The van der Waals surface area contributed by atoms with Crippen LogP contribution >= 0.6 is 0 Å². The van der Waals surface area contributed by atoms with E-state index in [1.54, 1.807) is 36.8 Å². The zero-order valence-electron chi connectivity index (χ0n) is 12.3. The van der Waals surface area contributed by atoms with E-state index < -0.39 is 11.6 Å². The van der Waals surface area contributed by atoms with Gasteiger partial charge in [-0.15, -0.1) is 0 Å². The minimum Gasteiger partial charge on any atom is -0.505 e. The maximum Gasteiger partial charge on any atom is 0.161 e. The highest BCUT2D eigenvalue weighted by molar-refractivity contribution is 6.09. The molecule has 0 radical (unpaired) electrons. The van der Waals surface area contributed by atoms with Gasteiger partial charge in [0.1, 0.15) is 0 Å². The van der Waals surface area contributed by atoms with Crippen LogP contribution in [0.1, 0.15) is 17.5 Å². The van der Waals surface area contributed by atoms with E-state index in [1.807, 2.05) is 0 Å². The number of aliphatic hydroxyl groups excluding tert-OH is 1. The zero-order chi connectivity index (χ0) is 16.7. The van der Waals surface area contributed by atoms with Crippen LogP contribution in [0, 0.1) is 5.41 Å². The highest BCUT2D eigenvalue weighted by atomic mass is 19.1. The second kappa shape index (κ2) is 7.74. The van der Waals surface area contributed by atoms with Gasteiger partial charge in [0.15, 0.2) is 11.6 Å². The molecular formula is C17H17FN4O. The lowest BCUT2D eigenvalue weighted by Crippen LogP contribution is -2.03. The Bertz CT molecular complexity index is 745. The molecule has 0 saturated heterocycles. The standard InChI is InChI=1S/C17H17FN4O/c18-16-3-1-2-14(8-17(16)23)22-7-4-12-11-21-6-5-15(12)13(9-19)10-20/h2-11,19,22-23H,1,20H2/b7-4+,13-10+,19-9?. The number of pyridine rings is 1. The van der Waals surface area contributed by atoms with Crippen molar-refractivity contribution in [1.82, 2.24) is 10.3 Å². The summed E-state index contributed by atoms with van der Waals surface area (Å²) < 4.78 is 13.2. The summed E-state index contributed by atoms with van der Waals surface area (Å²) in [7, 11) is 0. The van der Waals surface area contributed by atoms with E-state index in [-0.39, 0.29) is 0 Å². The van der Waals surface area contributed by atoms with Gasteiger partial charge >= 0.3 is 0 Å². The first-order chi connectivity index (χ1) is 11.2. The van der Waals surface area contributed by atoms with Gasteiger partial charge in [-0.25, -0.2) is 4.39 Å². The van der Waals surface area contributed by atoms with Crippen molar-refractivity contribution < 1.29 is 9.50 Å². The number of aromatic nitrogens is 1. The summed E-state index contributed by atoms with van der Waals surface area (Å²) in [5.74, 6) is -1.05. The summed E-state index contributed by atoms with van der Waals surface area (Å²) in [5.41, 5.74) is 8.21. The molecule has 2 rings (SSSR count). The molecule has 1 heterocycles. The molecule has 6 heteroatoms. The van der Waals surface area contributed by atoms with Crippen LogP contribution in [0.3, 0.4) is 0 Å². The molecule has 0 fully saturated rings. The maximum atomic E-state index is 13.2. The fourth-order valence-electron chi connectivity index (χ4n) is 2.02. The Morgan fingerprint density at radius 2 is 2.26 bits per heavy atom. The molecule has 1 aromatic rings. The molecule has 0 atom stereocenters. The third kappa shape index (κ3) is 4.16. The number of halogens is 1. The van der Waals surface area contributed by atoms with Gasteiger partial charge in [0, 0.05) is 53.9 Å². The van der Waals surface area contributed by atoms with Gasteiger partial charge in [0.05, 0.1) is 0 Å². The molecule has 0 aromatic carbocycles. The Balaban J connectivity index is 2.16. The first kappa shape index (κ1) is 16.2. The van der Waals surface area contributed by atoms with E-state index in [9.17, 15) is 9.50 Å². The predicted octanol–water partition coefficient (Wildman–Crippen LogP) is 3.17. The average Bonchev–Trinajstić information content (AvgIpc) is 2.71. The molecule has 0 amide bonds. The third-order valence-electron chi connectivity index (χ3n) is 3.18. The van der Waals surface area contributed by atoms with E-state index in [2.05, 4.69) is 10.3 Å². The van der Waals surface area contributed by atoms with Crippen LogP contribution in [0.4, 0.5) is 4.39 Å². The van der Waals surface area contributed by atoms with Crippen molar-refractivity contribution in [2.75, 3.05) is 0 Å². The van der Waals surface area contributed by atoms with Crippen molar-refractivity contribution in [1.29, 1.82) is 5.41 Å². The number of nitrogens with two attached hydrogens (primary N) is 1. The number of aliphatic hydroxyl groups is 1. The van der Waals surface area contributed by atoms with Gasteiger partial charge in [-0.05, 0) is 30.2 Å². The summed E-state index contributed by atoms with van der Waals surface area (Å²) >= 11 is 0. The SMILES string of the molecule is N=C/C(=C\N)c1ccncc1/C=C/NC1=CCC=C(F)C(O)=C1. The highest BCUT2D eigenvalue weighted by Crippen LogP contribution is 2.18. The molecule has 0 bridgehead atoms. The molecule has 1 aliphatic rings. The Hall–Kier alpha value is -3.15. The number of hydrogen-bond donors (Lipinski definition) is 4. The average molecular weight is 312 g/mol. The molecule has 0 spiro atoms. The Morgan fingerprint density at radius 3 is 3.00 bits per heavy atom. The van der Waals surface area contributed by atoms with Crippen molar-refractivity contribution in [3.05, 3.63) is 77.5 Å². The molecule has 5 N–H and O–H groups in total. The number of allylic oxidation sites excluding steroid dienone is 5. The van der Waals surface area contributed by atoms with E-state index in [0.717, 1.165) is 11.1 Å². The normalized spacial score (nSPS) is 15.5. The zero-order valence-corrected chi connectivity index (χ0v) is 12.3. The van der Waals surface area contributed by atoms with Gasteiger partial charge in [-0.3, -0.25) is 4.98 Å². The largest absolute Gasteiger partial charge is 0.505 e. The van der Waals surface area contributed by atoms with Gasteiger partial charge in [-0.2, -0.15) is 0 Å². The number of nitrogens with one attached hydrogen (secondary N) is 2. The molecule has 5 nitrogen and oxygen atoms in total. The van der Waals surface area contributed by atoms with Crippen molar-refractivity contribution >= 4 is 17.9 Å². The van der Waals surface area contributed by atoms with Gasteiger partial charge in [-0.1, -0.05) is 6.08 Å². The lowest BCUT2D eigenvalue weighted by atomic mass is 10.0. The Kier molecular flexibility index (Phi) is 5.46.